The molecule has 27 heavy (non-hydrogen) atoms. The van der Waals surface area contributed by atoms with Gasteiger partial charge in [0.25, 0.3) is 5.91 Å². The molecule has 1 aromatic heterocycles. The van der Waals surface area contributed by atoms with E-state index in [1.165, 1.54) is 38.5 Å². The third-order valence-corrected chi connectivity index (χ3v) is 4.84. The zero-order chi connectivity index (χ0) is 19.1. The van der Waals surface area contributed by atoms with Crippen molar-refractivity contribution < 1.29 is 14.3 Å². The number of pyridine rings is 1. The molecule has 6 nitrogen and oxygen atoms in total. The number of amides is 1. The van der Waals surface area contributed by atoms with Crippen molar-refractivity contribution in [2.24, 2.45) is 0 Å². The van der Waals surface area contributed by atoms with Crippen LogP contribution in [0.4, 0.5) is 11.5 Å². The minimum Gasteiger partial charge on any atom is -0.497 e. The Kier molecular flexibility index (Phi) is 6.52. The summed E-state index contributed by atoms with van der Waals surface area (Å²) in [7, 11) is 3.11. The number of hydrogen-bond donors (Lipinski definition) is 2. The van der Waals surface area contributed by atoms with E-state index in [2.05, 4.69) is 15.6 Å². The predicted octanol–water partition coefficient (Wildman–Crippen LogP) is 4.49. The number of ether oxygens (including phenoxy) is 2. The molecule has 2 N–H and O–H groups in total. The van der Waals surface area contributed by atoms with Gasteiger partial charge in [-0.1, -0.05) is 25.7 Å². The van der Waals surface area contributed by atoms with Crippen LogP contribution in [0.5, 0.6) is 11.5 Å². The van der Waals surface area contributed by atoms with E-state index in [0.717, 1.165) is 5.82 Å². The third-order valence-electron chi connectivity index (χ3n) is 4.84. The molecule has 0 aliphatic heterocycles. The number of benzene rings is 1. The lowest BCUT2D eigenvalue weighted by molar-refractivity contribution is 0.102. The number of nitrogens with one attached hydrogen (secondary N) is 2. The molecule has 0 saturated heterocycles. The molecule has 1 saturated carbocycles. The fraction of sp³-hybridized carbons (Fsp3) is 0.429. The molecule has 1 aliphatic carbocycles. The third kappa shape index (κ3) is 5.36. The summed E-state index contributed by atoms with van der Waals surface area (Å²) in [6.45, 7) is 0. The number of rotatable bonds is 6. The van der Waals surface area contributed by atoms with Gasteiger partial charge in [-0.05, 0) is 37.1 Å². The molecule has 6 heteroatoms. The first-order valence-electron chi connectivity index (χ1n) is 9.45. The van der Waals surface area contributed by atoms with Crippen molar-refractivity contribution in [2.45, 2.75) is 44.6 Å². The summed E-state index contributed by atoms with van der Waals surface area (Å²) in [5, 5.41) is 6.37. The maximum atomic E-state index is 12.5. The number of aromatic nitrogens is 1. The molecule has 0 spiro atoms. The molecule has 0 bridgehead atoms. The van der Waals surface area contributed by atoms with E-state index in [4.69, 9.17) is 9.47 Å². The van der Waals surface area contributed by atoms with Gasteiger partial charge in [0.15, 0.2) is 0 Å². The Hall–Kier alpha value is -2.76. The van der Waals surface area contributed by atoms with Crippen molar-refractivity contribution in [3.8, 4) is 11.5 Å². The van der Waals surface area contributed by atoms with Crippen LogP contribution in [-0.4, -0.2) is 31.2 Å². The maximum absolute atomic E-state index is 12.5. The van der Waals surface area contributed by atoms with Crippen molar-refractivity contribution in [3.05, 3.63) is 42.1 Å². The summed E-state index contributed by atoms with van der Waals surface area (Å²) in [6, 6.07) is 9.34. The zero-order valence-electron chi connectivity index (χ0n) is 16.0. The molecule has 1 fully saturated rings. The zero-order valence-corrected chi connectivity index (χ0v) is 16.0. The van der Waals surface area contributed by atoms with Crippen LogP contribution in [0.1, 0.15) is 48.9 Å². The highest BCUT2D eigenvalue weighted by atomic mass is 16.5. The molecule has 0 radical (unpaired) electrons. The fourth-order valence-electron chi connectivity index (χ4n) is 3.33. The van der Waals surface area contributed by atoms with E-state index >= 15 is 0 Å². The van der Waals surface area contributed by atoms with Crippen LogP contribution < -0.4 is 20.1 Å². The second-order valence-electron chi connectivity index (χ2n) is 6.82. The Bertz CT molecular complexity index is 732. The smallest absolute Gasteiger partial charge is 0.255 e. The van der Waals surface area contributed by atoms with Gasteiger partial charge in [-0.3, -0.25) is 4.79 Å². The minimum atomic E-state index is -0.238. The predicted molar refractivity (Wildman–Crippen MR) is 107 cm³/mol. The lowest BCUT2D eigenvalue weighted by Crippen LogP contribution is -2.19. The van der Waals surface area contributed by atoms with Gasteiger partial charge < -0.3 is 20.1 Å². The van der Waals surface area contributed by atoms with Gasteiger partial charge in [-0.2, -0.15) is 0 Å². The minimum absolute atomic E-state index is 0.238. The Morgan fingerprint density at radius 1 is 1.00 bits per heavy atom. The van der Waals surface area contributed by atoms with Crippen LogP contribution in [0.2, 0.25) is 0 Å². The summed E-state index contributed by atoms with van der Waals surface area (Å²) in [6.07, 6.45) is 9.26. The number of carbonyl (C=O) groups is 1. The largest absolute Gasteiger partial charge is 0.497 e. The molecular formula is C21H27N3O3. The van der Waals surface area contributed by atoms with Gasteiger partial charge in [0.2, 0.25) is 0 Å². The van der Waals surface area contributed by atoms with Gasteiger partial charge >= 0.3 is 0 Å². The Balaban J connectivity index is 1.63. The molecule has 1 amide bonds. The Morgan fingerprint density at radius 2 is 1.67 bits per heavy atom. The average molecular weight is 369 g/mol. The molecule has 0 unspecified atom stereocenters. The number of anilines is 2. The second-order valence-corrected chi connectivity index (χ2v) is 6.82. The Morgan fingerprint density at radius 3 is 2.22 bits per heavy atom. The van der Waals surface area contributed by atoms with Crippen molar-refractivity contribution >= 4 is 17.4 Å². The van der Waals surface area contributed by atoms with E-state index in [0.29, 0.717) is 28.8 Å². The van der Waals surface area contributed by atoms with Crippen molar-refractivity contribution in [2.75, 3.05) is 24.9 Å². The highest BCUT2D eigenvalue weighted by Crippen LogP contribution is 2.24. The first-order valence-corrected chi connectivity index (χ1v) is 9.45. The van der Waals surface area contributed by atoms with Crippen molar-refractivity contribution in [1.82, 2.24) is 4.98 Å². The van der Waals surface area contributed by atoms with E-state index in [1.54, 1.807) is 38.6 Å². The van der Waals surface area contributed by atoms with E-state index in [9.17, 15) is 4.79 Å². The SMILES string of the molecule is COc1cc(OC)cc(C(=O)Nc2ccc(NC3CCCCCC3)nc2)c1. The van der Waals surface area contributed by atoms with Gasteiger partial charge in [0.1, 0.15) is 17.3 Å². The standard InChI is InChI=1S/C21H27N3O3/c1-26-18-11-15(12-19(13-18)27-2)21(25)24-17-9-10-20(22-14-17)23-16-7-5-3-4-6-8-16/h9-14,16H,3-8H2,1-2H3,(H,22,23)(H,24,25). The van der Waals surface area contributed by atoms with Gasteiger partial charge in [0, 0.05) is 17.7 Å². The van der Waals surface area contributed by atoms with Crippen molar-refractivity contribution in [1.29, 1.82) is 0 Å². The van der Waals surface area contributed by atoms with E-state index in [1.807, 2.05) is 12.1 Å². The molecular weight excluding hydrogens is 342 g/mol. The van der Waals surface area contributed by atoms with Gasteiger partial charge in [-0.15, -0.1) is 0 Å². The van der Waals surface area contributed by atoms with Crippen LogP contribution in [0.25, 0.3) is 0 Å². The van der Waals surface area contributed by atoms with Crippen LogP contribution in [0.3, 0.4) is 0 Å². The number of methoxy groups -OCH3 is 2. The summed E-state index contributed by atoms with van der Waals surface area (Å²) in [5.41, 5.74) is 1.11. The van der Waals surface area contributed by atoms with Gasteiger partial charge in [0.05, 0.1) is 26.1 Å². The summed E-state index contributed by atoms with van der Waals surface area (Å²) in [5.74, 6) is 1.75. The second kappa shape index (κ2) is 9.26. The molecule has 1 aromatic carbocycles. The van der Waals surface area contributed by atoms with Crippen LogP contribution in [0, 0.1) is 0 Å². The van der Waals surface area contributed by atoms with E-state index < -0.39 is 0 Å². The summed E-state index contributed by atoms with van der Waals surface area (Å²) >= 11 is 0. The highest BCUT2D eigenvalue weighted by Gasteiger charge is 2.13. The van der Waals surface area contributed by atoms with E-state index in [-0.39, 0.29) is 5.91 Å². The normalized spacial score (nSPS) is 14.9. The quantitative estimate of drug-likeness (QED) is 0.734. The van der Waals surface area contributed by atoms with Crippen LogP contribution in [0.15, 0.2) is 36.5 Å². The number of carbonyl (C=O) groups excluding carboxylic acids is 1. The maximum Gasteiger partial charge on any atom is 0.255 e. The van der Waals surface area contributed by atoms with Crippen LogP contribution >= 0.6 is 0 Å². The molecule has 144 valence electrons. The molecule has 0 atom stereocenters. The van der Waals surface area contributed by atoms with Crippen LogP contribution in [-0.2, 0) is 0 Å². The first kappa shape index (κ1) is 19.0. The first-order chi connectivity index (χ1) is 13.2. The topological polar surface area (TPSA) is 72.5 Å². The molecule has 1 aliphatic rings. The molecule has 3 rings (SSSR count). The monoisotopic (exact) mass is 369 g/mol. The average Bonchev–Trinajstić information content (AvgIpc) is 2.97. The summed E-state index contributed by atoms with van der Waals surface area (Å²) < 4.78 is 10.4. The van der Waals surface area contributed by atoms with Gasteiger partial charge in [-0.25, -0.2) is 4.98 Å². The lowest BCUT2D eigenvalue weighted by Gasteiger charge is -2.17. The number of nitrogens with zero attached hydrogens (tertiary/aromatic N) is 1. The molecule has 1 heterocycles. The lowest BCUT2D eigenvalue weighted by atomic mass is 10.1. The fourth-order valence-corrected chi connectivity index (χ4v) is 3.33. The molecule has 2 aromatic rings. The Labute approximate surface area is 160 Å². The van der Waals surface area contributed by atoms with Crippen molar-refractivity contribution in [3.63, 3.8) is 0 Å². The number of hydrogen-bond acceptors (Lipinski definition) is 5. The highest BCUT2D eigenvalue weighted by molar-refractivity contribution is 6.04. The summed E-state index contributed by atoms with van der Waals surface area (Å²) in [4.78, 5) is 17.0.